The molecule has 0 aliphatic rings. The summed E-state index contributed by atoms with van der Waals surface area (Å²) in [4.78, 5) is 36.8. The number of amides is 2. The number of nitrogens with zero attached hydrogens (tertiary/aromatic N) is 2. The zero-order chi connectivity index (χ0) is 21.2. The van der Waals surface area contributed by atoms with Crippen LogP contribution in [-0.4, -0.2) is 38.7 Å². The van der Waals surface area contributed by atoms with E-state index in [9.17, 15) is 14.4 Å². The molecule has 0 aromatic heterocycles. The van der Waals surface area contributed by atoms with Crippen molar-refractivity contribution in [2.24, 2.45) is 0 Å². The van der Waals surface area contributed by atoms with E-state index >= 15 is 0 Å². The van der Waals surface area contributed by atoms with Crippen molar-refractivity contribution in [3.8, 4) is 6.07 Å². The summed E-state index contributed by atoms with van der Waals surface area (Å²) < 4.78 is 9.36. The number of nitrogens with one attached hydrogen (secondary N) is 1. The molecule has 0 radical (unpaired) electrons. The number of methoxy groups -OCH3 is 2. The van der Waals surface area contributed by atoms with E-state index in [1.165, 1.54) is 19.1 Å². The third kappa shape index (κ3) is 6.36. The van der Waals surface area contributed by atoms with Gasteiger partial charge in [-0.3, -0.25) is 14.5 Å². The maximum atomic E-state index is 12.4. The number of hydrogen-bond acceptors (Lipinski definition) is 6. The zero-order valence-corrected chi connectivity index (χ0v) is 16.2. The molecule has 150 valence electrons. The summed E-state index contributed by atoms with van der Waals surface area (Å²) in [6.45, 7) is -0.261. The number of carbonyl (C=O) groups excluding carboxylic acids is 3. The molecule has 1 N–H and O–H groups in total. The Kier molecular flexibility index (Phi) is 7.74. The van der Waals surface area contributed by atoms with Crippen molar-refractivity contribution in [1.82, 2.24) is 0 Å². The van der Waals surface area contributed by atoms with Gasteiger partial charge in [0, 0.05) is 17.8 Å². The van der Waals surface area contributed by atoms with E-state index in [0.29, 0.717) is 23.4 Å². The van der Waals surface area contributed by atoms with Gasteiger partial charge in [-0.15, -0.1) is 0 Å². The van der Waals surface area contributed by atoms with E-state index in [2.05, 4.69) is 10.1 Å². The van der Waals surface area contributed by atoms with Gasteiger partial charge in [0.25, 0.3) is 0 Å². The molecule has 2 aromatic rings. The van der Waals surface area contributed by atoms with Gasteiger partial charge in [-0.25, -0.2) is 4.79 Å². The molecule has 0 saturated heterocycles. The molecular formula is C21H21N3O5. The summed E-state index contributed by atoms with van der Waals surface area (Å²) in [6.07, 6.45) is 0.124. The first kappa shape index (κ1) is 21.4. The van der Waals surface area contributed by atoms with E-state index in [1.54, 1.807) is 48.5 Å². The van der Waals surface area contributed by atoms with Gasteiger partial charge in [-0.1, -0.05) is 12.1 Å². The molecule has 2 amide bonds. The Morgan fingerprint density at radius 1 is 1.00 bits per heavy atom. The van der Waals surface area contributed by atoms with Gasteiger partial charge in [0.05, 0.1) is 25.9 Å². The standard InChI is InChI=1S/C21H21N3O5/c1-28-20(26)12-7-15-3-8-17(9-4-15)23-19(25)14-24(21(27)29-2)18-10-5-16(13-22)6-11-18/h3-6,8-11H,7,12,14H2,1-2H3,(H,23,25). The van der Waals surface area contributed by atoms with Crippen LogP contribution in [0.3, 0.4) is 0 Å². The van der Waals surface area contributed by atoms with Gasteiger partial charge in [0.1, 0.15) is 6.54 Å². The van der Waals surface area contributed by atoms with Crippen molar-refractivity contribution in [2.75, 3.05) is 31.0 Å². The van der Waals surface area contributed by atoms with Crippen LogP contribution in [0.5, 0.6) is 0 Å². The molecule has 29 heavy (non-hydrogen) atoms. The highest BCUT2D eigenvalue weighted by Crippen LogP contribution is 2.17. The second-order valence-corrected chi connectivity index (χ2v) is 6.04. The molecule has 0 unspecified atom stereocenters. The van der Waals surface area contributed by atoms with Crippen LogP contribution in [0.4, 0.5) is 16.2 Å². The third-order valence-corrected chi connectivity index (χ3v) is 4.09. The van der Waals surface area contributed by atoms with Gasteiger partial charge < -0.3 is 14.8 Å². The largest absolute Gasteiger partial charge is 0.469 e. The zero-order valence-electron chi connectivity index (χ0n) is 16.2. The van der Waals surface area contributed by atoms with Crippen LogP contribution < -0.4 is 10.2 Å². The maximum absolute atomic E-state index is 12.4. The van der Waals surface area contributed by atoms with Gasteiger partial charge in [-0.2, -0.15) is 5.26 Å². The van der Waals surface area contributed by atoms with Crippen molar-refractivity contribution in [2.45, 2.75) is 12.8 Å². The highest BCUT2D eigenvalue weighted by molar-refractivity contribution is 6.00. The monoisotopic (exact) mass is 395 g/mol. The molecule has 2 aromatic carbocycles. The average molecular weight is 395 g/mol. The smallest absolute Gasteiger partial charge is 0.414 e. The lowest BCUT2D eigenvalue weighted by Gasteiger charge is -2.21. The minimum Gasteiger partial charge on any atom is -0.469 e. The van der Waals surface area contributed by atoms with Crippen molar-refractivity contribution in [3.05, 3.63) is 59.7 Å². The van der Waals surface area contributed by atoms with Crippen LogP contribution in [0.25, 0.3) is 0 Å². The lowest BCUT2D eigenvalue weighted by Crippen LogP contribution is -2.38. The highest BCUT2D eigenvalue weighted by atomic mass is 16.5. The molecule has 0 fully saturated rings. The minimum atomic E-state index is -0.692. The number of aryl methyl sites for hydroxylation is 1. The summed E-state index contributed by atoms with van der Waals surface area (Å²) in [5.41, 5.74) is 2.36. The second kappa shape index (κ2) is 10.5. The first-order valence-electron chi connectivity index (χ1n) is 8.78. The summed E-state index contributed by atoms with van der Waals surface area (Å²) in [6, 6.07) is 15.3. The molecule has 0 bridgehead atoms. The molecule has 0 atom stereocenters. The molecular weight excluding hydrogens is 374 g/mol. The predicted octanol–water partition coefficient (Wildman–Crippen LogP) is 2.88. The molecule has 2 rings (SSSR count). The Hall–Kier alpha value is -3.86. The van der Waals surface area contributed by atoms with E-state index < -0.39 is 12.0 Å². The Balaban J connectivity index is 2.01. The van der Waals surface area contributed by atoms with Gasteiger partial charge >= 0.3 is 12.1 Å². The Bertz CT molecular complexity index is 901. The fraction of sp³-hybridized carbons (Fsp3) is 0.238. The SMILES string of the molecule is COC(=O)CCc1ccc(NC(=O)CN(C(=O)OC)c2ccc(C#N)cc2)cc1. The lowest BCUT2D eigenvalue weighted by molar-refractivity contribution is -0.140. The van der Waals surface area contributed by atoms with Crippen LogP contribution in [0, 0.1) is 11.3 Å². The van der Waals surface area contributed by atoms with E-state index in [-0.39, 0.29) is 18.9 Å². The molecule has 0 aliphatic heterocycles. The Morgan fingerprint density at radius 2 is 1.66 bits per heavy atom. The summed E-state index contributed by atoms with van der Waals surface area (Å²) in [5, 5.41) is 11.6. The molecule has 0 heterocycles. The topological polar surface area (TPSA) is 109 Å². The van der Waals surface area contributed by atoms with E-state index in [0.717, 1.165) is 5.56 Å². The number of esters is 1. The number of ether oxygens (including phenoxy) is 2. The summed E-state index contributed by atoms with van der Waals surface area (Å²) in [7, 11) is 2.57. The third-order valence-electron chi connectivity index (χ3n) is 4.09. The molecule has 8 heteroatoms. The van der Waals surface area contributed by atoms with Gasteiger partial charge in [0.15, 0.2) is 0 Å². The lowest BCUT2D eigenvalue weighted by atomic mass is 10.1. The Labute approximate surface area is 168 Å². The number of carbonyl (C=O) groups is 3. The van der Waals surface area contributed by atoms with Crippen LogP contribution in [0.1, 0.15) is 17.5 Å². The number of nitriles is 1. The van der Waals surface area contributed by atoms with Gasteiger partial charge in [0.2, 0.25) is 5.91 Å². The summed E-state index contributed by atoms with van der Waals surface area (Å²) in [5.74, 6) is -0.699. The first-order valence-corrected chi connectivity index (χ1v) is 8.78. The predicted molar refractivity (Wildman–Crippen MR) is 106 cm³/mol. The summed E-state index contributed by atoms with van der Waals surface area (Å²) >= 11 is 0. The molecule has 0 saturated carbocycles. The number of anilines is 2. The number of benzene rings is 2. The highest BCUT2D eigenvalue weighted by Gasteiger charge is 2.20. The fourth-order valence-corrected chi connectivity index (χ4v) is 2.53. The second-order valence-electron chi connectivity index (χ2n) is 6.04. The minimum absolute atomic E-state index is 0.261. The van der Waals surface area contributed by atoms with Crippen LogP contribution in [0.15, 0.2) is 48.5 Å². The number of hydrogen-bond donors (Lipinski definition) is 1. The average Bonchev–Trinajstić information content (AvgIpc) is 2.76. The van der Waals surface area contributed by atoms with Crippen LogP contribution >= 0.6 is 0 Å². The molecule has 0 aliphatic carbocycles. The maximum Gasteiger partial charge on any atom is 0.414 e. The Morgan fingerprint density at radius 3 is 2.21 bits per heavy atom. The number of rotatable bonds is 7. The first-order chi connectivity index (χ1) is 14.0. The van der Waals surface area contributed by atoms with E-state index in [1.807, 2.05) is 6.07 Å². The van der Waals surface area contributed by atoms with Crippen LogP contribution in [-0.2, 0) is 25.5 Å². The van der Waals surface area contributed by atoms with Crippen LogP contribution in [0.2, 0.25) is 0 Å². The van der Waals surface area contributed by atoms with Crippen molar-refractivity contribution in [3.63, 3.8) is 0 Å². The quantitative estimate of drug-likeness (QED) is 0.722. The molecule has 0 spiro atoms. The van der Waals surface area contributed by atoms with Crippen molar-refractivity contribution in [1.29, 1.82) is 5.26 Å². The molecule has 8 nitrogen and oxygen atoms in total. The van der Waals surface area contributed by atoms with E-state index in [4.69, 9.17) is 10.00 Å². The van der Waals surface area contributed by atoms with Gasteiger partial charge in [-0.05, 0) is 48.4 Å². The fourth-order valence-electron chi connectivity index (χ4n) is 2.53. The van der Waals surface area contributed by atoms with Crippen molar-refractivity contribution >= 4 is 29.3 Å². The van der Waals surface area contributed by atoms with Crippen molar-refractivity contribution < 1.29 is 23.9 Å². The normalized spacial score (nSPS) is 9.83.